The van der Waals surface area contributed by atoms with Crippen LogP contribution in [0.2, 0.25) is 0 Å². The summed E-state index contributed by atoms with van der Waals surface area (Å²) in [5.74, 6) is 0.475. The van der Waals surface area contributed by atoms with Crippen LogP contribution < -0.4 is 0 Å². The third kappa shape index (κ3) is 3.21. The van der Waals surface area contributed by atoms with E-state index < -0.39 is 10.0 Å². The van der Waals surface area contributed by atoms with Gasteiger partial charge in [0.2, 0.25) is 10.0 Å². The van der Waals surface area contributed by atoms with E-state index in [9.17, 15) is 12.8 Å². The normalized spacial score (nSPS) is 24.5. The van der Waals surface area contributed by atoms with Gasteiger partial charge in [0.1, 0.15) is 5.82 Å². The molecule has 132 valence electrons. The SMILES string of the molecule is O=S(=O)(c1ccccc1)N1C[C@@H]2CN(Cc3ccccc3F)C[C@H]2C1. The number of benzene rings is 2. The minimum atomic E-state index is -3.41. The largest absolute Gasteiger partial charge is 0.298 e. The van der Waals surface area contributed by atoms with Crippen LogP contribution in [0.1, 0.15) is 5.56 Å². The van der Waals surface area contributed by atoms with Gasteiger partial charge in [-0.25, -0.2) is 12.8 Å². The Morgan fingerprint density at radius 1 is 0.880 bits per heavy atom. The first kappa shape index (κ1) is 16.7. The number of likely N-dealkylation sites (tertiary alicyclic amines) is 1. The summed E-state index contributed by atoms with van der Waals surface area (Å²) < 4.78 is 40.9. The molecule has 2 atom stereocenters. The monoisotopic (exact) mass is 360 g/mol. The maximum Gasteiger partial charge on any atom is 0.243 e. The number of hydrogen-bond acceptors (Lipinski definition) is 3. The number of fused-ring (bicyclic) bond motifs is 1. The van der Waals surface area contributed by atoms with Crippen LogP contribution >= 0.6 is 0 Å². The average molecular weight is 360 g/mol. The van der Waals surface area contributed by atoms with E-state index in [1.54, 1.807) is 34.6 Å². The van der Waals surface area contributed by atoms with Gasteiger partial charge in [-0.1, -0.05) is 36.4 Å². The zero-order valence-corrected chi connectivity index (χ0v) is 14.7. The molecule has 0 bridgehead atoms. The van der Waals surface area contributed by atoms with Crippen LogP contribution in [0, 0.1) is 17.7 Å². The molecule has 2 heterocycles. The van der Waals surface area contributed by atoms with E-state index in [0.29, 0.717) is 41.9 Å². The van der Waals surface area contributed by atoms with E-state index in [1.807, 2.05) is 18.2 Å². The topological polar surface area (TPSA) is 40.6 Å². The van der Waals surface area contributed by atoms with Crippen molar-refractivity contribution in [1.29, 1.82) is 0 Å². The van der Waals surface area contributed by atoms with Crippen LogP contribution in [0.25, 0.3) is 0 Å². The second kappa shape index (κ2) is 6.52. The van der Waals surface area contributed by atoms with Crippen LogP contribution in [0.3, 0.4) is 0 Å². The smallest absolute Gasteiger partial charge is 0.243 e. The van der Waals surface area contributed by atoms with Crippen molar-refractivity contribution in [2.24, 2.45) is 11.8 Å². The Morgan fingerprint density at radius 2 is 1.48 bits per heavy atom. The van der Waals surface area contributed by atoms with Gasteiger partial charge in [0.25, 0.3) is 0 Å². The molecule has 0 saturated carbocycles. The number of hydrogen-bond donors (Lipinski definition) is 0. The predicted octanol–water partition coefficient (Wildman–Crippen LogP) is 2.58. The van der Waals surface area contributed by atoms with E-state index in [-0.39, 0.29) is 5.82 Å². The Kier molecular flexibility index (Phi) is 4.35. The molecule has 0 amide bonds. The Morgan fingerprint density at radius 3 is 2.12 bits per heavy atom. The molecule has 6 heteroatoms. The molecule has 2 aromatic rings. The first-order valence-corrected chi connectivity index (χ1v) is 9.99. The minimum Gasteiger partial charge on any atom is -0.298 e. The number of halogens is 1. The summed E-state index contributed by atoms with van der Waals surface area (Å²) in [5, 5.41) is 0. The van der Waals surface area contributed by atoms with Crippen molar-refractivity contribution in [3.8, 4) is 0 Å². The lowest BCUT2D eigenvalue weighted by atomic mass is 10.0. The van der Waals surface area contributed by atoms with Crippen molar-refractivity contribution in [3.05, 3.63) is 66.0 Å². The van der Waals surface area contributed by atoms with Crippen molar-refractivity contribution in [3.63, 3.8) is 0 Å². The summed E-state index contributed by atoms with van der Waals surface area (Å²) in [6, 6.07) is 15.5. The van der Waals surface area contributed by atoms with Crippen LogP contribution in [-0.2, 0) is 16.6 Å². The lowest BCUT2D eigenvalue weighted by Crippen LogP contribution is -2.33. The molecule has 25 heavy (non-hydrogen) atoms. The molecule has 2 fully saturated rings. The zero-order chi connectivity index (χ0) is 17.4. The van der Waals surface area contributed by atoms with Crippen molar-refractivity contribution in [2.75, 3.05) is 26.2 Å². The van der Waals surface area contributed by atoms with E-state index in [2.05, 4.69) is 4.90 Å². The first-order chi connectivity index (χ1) is 12.0. The van der Waals surface area contributed by atoms with Crippen LogP contribution in [-0.4, -0.2) is 43.8 Å². The molecule has 2 saturated heterocycles. The van der Waals surface area contributed by atoms with Crippen molar-refractivity contribution in [1.82, 2.24) is 9.21 Å². The number of nitrogens with zero attached hydrogens (tertiary/aromatic N) is 2. The van der Waals surface area contributed by atoms with Crippen LogP contribution in [0.15, 0.2) is 59.5 Å². The summed E-state index contributed by atoms with van der Waals surface area (Å²) in [6.45, 7) is 3.33. The molecule has 0 unspecified atom stereocenters. The average Bonchev–Trinajstić information content (AvgIpc) is 3.17. The molecule has 2 aliphatic heterocycles. The predicted molar refractivity (Wildman–Crippen MR) is 93.9 cm³/mol. The Hall–Kier alpha value is -1.76. The summed E-state index contributed by atoms with van der Waals surface area (Å²) in [7, 11) is -3.41. The molecular formula is C19H21FN2O2S. The second-order valence-electron chi connectivity index (χ2n) is 6.94. The molecule has 0 radical (unpaired) electrons. The van der Waals surface area contributed by atoms with E-state index >= 15 is 0 Å². The molecule has 4 nitrogen and oxygen atoms in total. The van der Waals surface area contributed by atoms with Crippen LogP contribution in [0.4, 0.5) is 4.39 Å². The molecular weight excluding hydrogens is 339 g/mol. The third-order valence-corrected chi connectivity index (χ3v) is 7.11. The maximum atomic E-state index is 13.8. The standard InChI is InChI=1S/C19H21FN2O2S/c20-19-9-5-4-6-15(19)10-21-11-16-13-22(14-17(16)12-21)25(23,24)18-7-2-1-3-8-18/h1-9,16-17H,10-14H2/t16-,17-/m0/s1. The van der Waals surface area contributed by atoms with Gasteiger partial charge in [-0.05, 0) is 30.0 Å². The summed E-state index contributed by atoms with van der Waals surface area (Å²) in [4.78, 5) is 2.60. The summed E-state index contributed by atoms with van der Waals surface area (Å²) >= 11 is 0. The van der Waals surface area contributed by atoms with Crippen molar-refractivity contribution >= 4 is 10.0 Å². The highest BCUT2D eigenvalue weighted by Crippen LogP contribution is 2.34. The van der Waals surface area contributed by atoms with Gasteiger partial charge in [-0.15, -0.1) is 0 Å². The number of sulfonamides is 1. The third-order valence-electron chi connectivity index (χ3n) is 5.26. The van der Waals surface area contributed by atoms with Gasteiger partial charge < -0.3 is 0 Å². The zero-order valence-electron chi connectivity index (χ0n) is 13.9. The van der Waals surface area contributed by atoms with Gasteiger partial charge >= 0.3 is 0 Å². The molecule has 2 aromatic carbocycles. The van der Waals surface area contributed by atoms with Gasteiger partial charge in [0.15, 0.2) is 0 Å². The molecule has 2 aliphatic rings. The Balaban J connectivity index is 1.42. The van der Waals surface area contributed by atoms with Crippen molar-refractivity contribution < 1.29 is 12.8 Å². The maximum absolute atomic E-state index is 13.8. The van der Waals surface area contributed by atoms with E-state index in [4.69, 9.17) is 0 Å². The highest BCUT2D eigenvalue weighted by Gasteiger charge is 2.44. The van der Waals surface area contributed by atoms with Crippen molar-refractivity contribution in [2.45, 2.75) is 11.4 Å². The fourth-order valence-electron chi connectivity index (χ4n) is 3.98. The van der Waals surface area contributed by atoms with Gasteiger partial charge in [0.05, 0.1) is 4.90 Å². The van der Waals surface area contributed by atoms with E-state index in [1.165, 1.54) is 6.07 Å². The summed E-state index contributed by atoms with van der Waals surface area (Å²) in [6.07, 6.45) is 0. The highest BCUT2D eigenvalue weighted by molar-refractivity contribution is 7.89. The van der Waals surface area contributed by atoms with Gasteiger partial charge in [-0.2, -0.15) is 4.31 Å². The van der Waals surface area contributed by atoms with Gasteiger partial charge in [0, 0.05) is 38.3 Å². The molecule has 0 aromatic heterocycles. The molecule has 0 spiro atoms. The fourth-order valence-corrected chi connectivity index (χ4v) is 5.56. The van der Waals surface area contributed by atoms with Crippen LogP contribution in [0.5, 0.6) is 0 Å². The van der Waals surface area contributed by atoms with Gasteiger partial charge in [-0.3, -0.25) is 4.90 Å². The minimum absolute atomic E-state index is 0.173. The number of rotatable bonds is 4. The molecule has 4 rings (SSSR count). The lowest BCUT2D eigenvalue weighted by Gasteiger charge is -2.21. The lowest BCUT2D eigenvalue weighted by molar-refractivity contribution is 0.286. The second-order valence-corrected chi connectivity index (χ2v) is 8.88. The highest BCUT2D eigenvalue weighted by atomic mass is 32.2. The molecule has 0 N–H and O–H groups in total. The fraction of sp³-hybridized carbons (Fsp3) is 0.368. The van der Waals surface area contributed by atoms with E-state index in [0.717, 1.165) is 13.1 Å². The Bertz CT molecular complexity index is 843. The summed E-state index contributed by atoms with van der Waals surface area (Å²) in [5.41, 5.74) is 0.705. The first-order valence-electron chi connectivity index (χ1n) is 8.55. The Labute approximate surface area is 147 Å². The quantitative estimate of drug-likeness (QED) is 0.841. The molecule has 0 aliphatic carbocycles.